The maximum absolute atomic E-state index is 12.8. The summed E-state index contributed by atoms with van der Waals surface area (Å²) in [7, 11) is 1.64. The van der Waals surface area contributed by atoms with Crippen molar-refractivity contribution in [1.29, 1.82) is 0 Å². The van der Waals surface area contributed by atoms with Crippen LogP contribution in [0.2, 0.25) is 5.02 Å². The first kappa shape index (κ1) is 18.2. The van der Waals surface area contributed by atoms with Gasteiger partial charge < -0.3 is 10.1 Å². The van der Waals surface area contributed by atoms with Gasteiger partial charge in [-0.25, -0.2) is 0 Å². The van der Waals surface area contributed by atoms with Crippen LogP contribution < -0.4 is 5.32 Å². The molecule has 3 rings (SSSR count). The van der Waals surface area contributed by atoms with Crippen molar-refractivity contribution in [3.05, 3.63) is 106 Å². The van der Waals surface area contributed by atoms with Crippen LogP contribution in [0.1, 0.15) is 33.1 Å². The van der Waals surface area contributed by atoms with E-state index < -0.39 is 0 Å². The summed E-state index contributed by atoms with van der Waals surface area (Å²) in [4.78, 5) is 12.8. The summed E-state index contributed by atoms with van der Waals surface area (Å²) in [5.74, 6) is -0.133. The monoisotopic (exact) mass is 365 g/mol. The summed E-state index contributed by atoms with van der Waals surface area (Å²) in [6, 6.07) is 24.6. The van der Waals surface area contributed by atoms with Crippen LogP contribution in [0.3, 0.4) is 0 Å². The molecular weight excluding hydrogens is 346 g/mol. The molecule has 0 bridgehead atoms. The molecule has 3 aromatic rings. The number of rotatable bonds is 6. The molecule has 1 amide bonds. The lowest BCUT2D eigenvalue weighted by molar-refractivity contribution is 0.0942. The largest absolute Gasteiger partial charge is 0.380 e. The fourth-order valence-electron chi connectivity index (χ4n) is 2.84. The minimum atomic E-state index is -0.257. The lowest BCUT2D eigenvalue weighted by Crippen LogP contribution is -2.29. The minimum absolute atomic E-state index is 0.133. The van der Waals surface area contributed by atoms with Gasteiger partial charge in [0.25, 0.3) is 5.91 Å². The molecule has 0 spiro atoms. The van der Waals surface area contributed by atoms with Gasteiger partial charge in [-0.1, -0.05) is 66.2 Å². The minimum Gasteiger partial charge on any atom is -0.380 e. The van der Waals surface area contributed by atoms with E-state index in [2.05, 4.69) is 5.32 Å². The van der Waals surface area contributed by atoms with Crippen molar-refractivity contribution in [1.82, 2.24) is 5.32 Å². The summed E-state index contributed by atoms with van der Waals surface area (Å²) in [6.07, 6.45) is 0. The van der Waals surface area contributed by atoms with Crippen molar-refractivity contribution in [3.8, 4) is 0 Å². The van der Waals surface area contributed by atoms with Gasteiger partial charge >= 0.3 is 0 Å². The van der Waals surface area contributed by atoms with E-state index in [9.17, 15) is 4.79 Å². The Kier molecular flexibility index (Phi) is 6.05. The van der Waals surface area contributed by atoms with Gasteiger partial charge in [0, 0.05) is 17.7 Å². The van der Waals surface area contributed by atoms with Gasteiger partial charge in [-0.3, -0.25) is 4.79 Å². The van der Waals surface area contributed by atoms with Gasteiger partial charge in [-0.05, 0) is 41.0 Å². The van der Waals surface area contributed by atoms with Crippen LogP contribution in [-0.2, 0) is 11.3 Å². The van der Waals surface area contributed by atoms with Crippen molar-refractivity contribution in [2.45, 2.75) is 12.6 Å². The van der Waals surface area contributed by atoms with E-state index in [1.165, 1.54) is 0 Å². The second-order valence-corrected chi connectivity index (χ2v) is 6.44. The third kappa shape index (κ3) is 4.51. The van der Waals surface area contributed by atoms with Crippen LogP contribution >= 0.6 is 11.6 Å². The maximum Gasteiger partial charge on any atom is 0.252 e. The van der Waals surface area contributed by atoms with E-state index in [0.717, 1.165) is 16.7 Å². The second kappa shape index (κ2) is 8.65. The number of benzene rings is 3. The SMILES string of the molecule is COCc1cccc(C(=O)NC(c2ccccc2)c2ccc(Cl)cc2)c1. The van der Waals surface area contributed by atoms with Crippen LogP contribution in [0, 0.1) is 0 Å². The predicted octanol–water partition coefficient (Wildman–Crippen LogP) is 5.01. The zero-order valence-electron chi connectivity index (χ0n) is 14.5. The average molecular weight is 366 g/mol. The molecule has 0 saturated carbocycles. The fraction of sp³-hybridized carbons (Fsp3) is 0.136. The zero-order chi connectivity index (χ0) is 18.4. The van der Waals surface area contributed by atoms with E-state index in [1.54, 1.807) is 13.2 Å². The Labute approximate surface area is 158 Å². The molecular formula is C22H20ClNO2. The van der Waals surface area contributed by atoms with Gasteiger partial charge in [-0.2, -0.15) is 0 Å². The van der Waals surface area contributed by atoms with Crippen LogP contribution in [0.25, 0.3) is 0 Å². The predicted molar refractivity (Wildman–Crippen MR) is 104 cm³/mol. The van der Waals surface area contributed by atoms with Gasteiger partial charge in [-0.15, -0.1) is 0 Å². The molecule has 1 unspecified atom stereocenters. The molecule has 0 heterocycles. The fourth-order valence-corrected chi connectivity index (χ4v) is 2.97. The Balaban J connectivity index is 1.89. The third-order valence-corrected chi connectivity index (χ3v) is 4.36. The van der Waals surface area contributed by atoms with Gasteiger partial charge in [0.15, 0.2) is 0 Å². The first-order valence-corrected chi connectivity index (χ1v) is 8.74. The number of ether oxygens (including phenoxy) is 1. The standard InChI is InChI=1S/C22H20ClNO2/c1-26-15-16-6-5-9-19(14-16)22(25)24-21(17-7-3-2-4-8-17)18-10-12-20(23)13-11-18/h2-14,21H,15H2,1H3,(H,24,25). The summed E-state index contributed by atoms with van der Waals surface area (Å²) < 4.78 is 5.15. The number of amides is 1. The summed E-state index contributed by atoms with van der Waals surface area (Å²) in [5.41, 5.74) is 3.55. The zero-order valence-corrected chi connectivity index (χ0v) is 15.2. The van der Waals surface area contributed by atoms with E-state index in [0.29, 0.717) is 17.2 Å². The molecule has 26 heavy (non-hydrogen) atoms. The van der Waals surface area contributed by atoms with Crippen molar-refractivity contribution < 1.29 is 9.53 Å². The highest BCUT2D eigenvalue weighted by Gasteiger charge is 2.18. The molecule has 0 aliphatic rings. The quantitative estimate of drug-likeness (QED) is 0.667. The number of nitrogens with one attached hydrogen (secondary N) is 1. The topological polar surface area (TPSA) is 38.3 Å². The molecule has 0 aliphatic heterocycles. The number of carbonyl (C=O) groups is 1. The number of carbonyl (C=O) groups excluding carboxylic acids is 1. The molecule has 0 saturated heterocycles. The van der Waals surface area contributed by atoms with Crippen LogP contribution in [0.4, 0.5) is 0 Å². The van der Waals surface area contributed by atoms with E-state index in [1.807, 2.05) is 72.8 Å². The number of hydrogen-bond acceptors (Lipinski definition) is 2. The highest BCUT2D eigenvalue weighted by Crippen LogP contribution is 2.24. The number of methoxy groups -OCH3 is 1. The van der Waals surface area contributed by atoms with Crippen molar-refractivity contribution >= 4 is 17.5 Å². The smallest absolute Gasteiger partial charge is 0.252 e. The first-order chi connectivity index (χ1) is 12.7. The van der Waals surface area contributed by atoms with Gasteiger partial charge in [0.2, 0.25) is 0 Å². The molecule has 3 nitrogen and oxygen atoms in total. The lowest BCUT2D eigenvalue weighted by atomic mass is 9.98. The van der Waals surface area contributed by atoms with Gasteiger partial charge in [0.05, 0.1) is 12.6 Å². The average Bonchev–Trinajstić information content (AvgIpc) is 2.68. The molecule has 132 valence electrons. The Hall–Kier alpha value is -2.62. The van der Waals surface area contributed by atoms with Crippen LogP contribution in [-0.4, -0.2) is 13.0 Å². The third-order valence-electron chi connectivity index (χ3n) is 4.11. The van der Waals surface area contributed by atoms with E-state index in [4.69, 9.17) is 16.3 Å². The Morgan fingerprint density at radius 1 is 0.962 bits per heavy atom. The highest BCUT2D eigenvalue weighted by atomic mass is 35.5. The molecule has 1 N–H and O–H groups in total. The summed E-state index contributed by atoms with van der Waals surface area (Å²) >= 11 is 6.01. The molecule has 4 heteroatoms. The normalized spacial score (nSPS) is 11.8. The molecule has 3 aromatic carbocycles. The Bertz CT molecular complexity index is 863. The molecule has 0 fully saturated rings. The second-order valence-electron chi connectivity index (χ2n) is 6.00. The molecule has 1 atom stereocenters. The molecule has 0 aromatic heterocycles. The number of hydrogen-bond donors (Lipinski definition) is 1. The Morgan fingerprint density at radius 3 is 2.35 bits per heavy atom. The maximum atomic E-state index is 12.8. The molecule has 0 radical (unpaired) electrons. The highest BCUT2D eigenvalue weighted by molar-refractivity contribution is 6.30. The summed E-state index contributed by atoms with van der Waals surface area (Å²) in [5, 5.41) is 3.80. The summed E-state index contributed by atoms with van der Waals surface area (Å²) in [6.45, 7) is 0.473. The van der Waals surface area contributed by atoms with Crippen molar-refractivity contribution in [2.75, 3.05) is 7.11 Å². The Morgan fingerprint density at radius 2 is 1.65 bits per heavy atom. The van der Waals surface area contributed by atoms with Gasteiger partial charge in [0.1, 0.15) is 0 Å². The first-order valence-electron chi connectivity index (χ1n) is 8.36. The number of halogens is 1. The van der Waals surface area contributed by atoms with E-state index >= 15 is 0 Å². The van der Waals surface area contributed by atoms with E-state index in [-0.39, 0.29) is 11.9 Å². The van der Waals surface area contributed by atoms with Crippen LogP contribution in [0.15, 0.2) is 78.9 Å². The van der Waals surface area contributed by atoms with Crippen LogP contribution in [0.5, 0.6) is 0 Å². The molecule has 0 aliphatic carbocycles. The van der Waals surface area contributed by atoms with Crippen molar-refractivity contribution in [2.24, 2.45) is 0 Å². The van der Waals surface area contributed by atoms with Crippen molar-refractivity contribution in [3.63, 3.8) is 0 Å². The lowest BCUT2D eigenvalue weighted by Gasteiger charge is -2.20.